The number of hydrogen-bond donors (Lipinski definition) is 0. The van der Waals surface area contributed by atoms with E-state index >= 15 is 0 Å². The van der Waals surface area contributed by atoms with Crippen LogP contribution in [0.1, 0.15) is 20.3 Å². The molecule has 2 atom stereocenters. The Labute approximate surface area is 86.7 Å². The van der Waals surface area contributed by atoms with Crippen LogP contribution in [0, 0.1) is 25.6 Å². The molecule has 0 aromatic heterocycles. The molecular weight excluding hydrogens is 204 g/mol. The van der Waals surface area contributed by atoms with E-state index in [1.54, 1.807) is 0 Å². The van der Waals surface area contributed by atoms with Crippen molar-refractivity contribution in [1.82, 2.24) is 0 Å². The smallest absolute Gasteiger partial charge is 0.224 e. The van der Waals surface area contributed by atoms with Crippen molar-refractivity contribution in [1.29, 1.82) is 0 Å². The maximum Gasteiger partial charge on any atom is 0.224 e. The molecule has 7 nitrogen and oxygen atoms in total. The van der Waals surface area contributed by atoms with Gasteiger partial charge in [-0.05, 0) is 6.42 Å². The van der Waals surface area contributed by atoms with E-state index < -0.39 is 27.3 Å². The topological polar surface area (TPSA) is 95.5 Å². The number of ether oxygens (including phenoxy) is 1. The first-order chi connectivity index (χ1) is 6.92. The molecule has 0 N–H and O–H groups in total. The number of rotatable bonds is 4. The van der Waals surface area contributed by atoms with Gasteiger partial charge in [-0.2, -0.15) is 0 Å². The van der Waals surface area contributed by atoms with Crippen LogP contribution < -0.4 is 0 Å². The highest BCUT2D eigenvalue weighted by Gasteiger charge is 2.56. The molecule has 1 aliphatic rings. The van der Waals surface area contributed by atoms with Gasteiger partial charge < -0.3 is 4.74 Å². The normalized spacial score (nSPS) is 29.7. The highest BCUT2D eigenvalue weighted by molar-refractivity contribution is 4.92. The molecule has 0 spiro atoms. The van der Waals surface area contributed by atoms with Gasteiger partial charge in [-0.1, -0.05) is 0 Å². The van der Waals surface area contributed by atoms with Crippen molar-refractivity contribution in [2.75, 3.05) is 13.2 Å². The molecular formula is C8H14N2O5. The van der Waals surface area contributed by atoms with Gasteiger partial charge in [-0.3, -0.25) is 20.2 Å². The predicted octanol–water partition coefficient (Wildman–Crippen LogP) is 0.723. The first kappa shape index (κ1) is 11.8. The van der Waals surface area contributed by atoms with Gasteiger partial charge in [0.1, 0.15) is 5.41 Å². The first-order valence-corrected chi connectivity index (χ1v) is 4.76. The van der Waals surface area contributed by atoms with E-state index in [4.69, 9.17) is 4.74 Å². The summed E-state index contributed by atoms with van der Waals surface area (Å²) >= 11 is 0. The molecule has 1 rings (SSSR count). The maximum absolute atomic E-state index is 10.7. The molecule has 0 aliphatic carbocycles. The monoisotopic (exact) mass is 218 g/mol. The van der Waals surface area contributed by atoms with Crippen LogP contribution in [0.3, 0.4) is 0 Å². The highest BCUT2D eigenvalue weighted by Crippen LogP contribution is 2.38. The lowest BCUT2D eigenvalue weighted by molar-refractivity contribution is -0.586. The summed E-state index contributed by atoms with van der Waals surface area (Å²) in [7, 11) is 0. The van der Waals surface area contributed by atoms with E-state index in [1.165, 1.54) is 13.8 Å². The number of nitrogens with zero attached hydrogens (tertiary/aromatic N) is 2. The molecule has 0 amide bonds. The molecule has 1 saturated heterocycles. The van der Waals surface area contributed by atoms with Gasteiger partial charge >= 0.3 is 0 Å². The van der Waals surface area contributed by atoms with E-state index in [0.717, 1.165) is 0 Å². The molecule has 15 heavy (non-hydrogen) atoms. The van der Waals surface area contributed by atoms with Gasteiger partial charge in [0.2, 0.25) is 12.1 Å². The van der Waals surface area contributed by atoms with Gasteiger partial charge in [0, 0.05) is 30.3 Å². The molecule has 1 fully saturated rings. The van der Waals surface area contributed by atoms with Crippen molar-refractivity contribution in [2.45, 2.75) is 32.4 Å². The third-order valence-corrected chi connectivity index (χ3v) is 3.38. The van der Waals surface area contributed by atoms with Crippen LogP contribution in [-0.4, -0.2) is 35.1 Å². The quantitative estimate of drug-likeness (QED) is 0.511. The third kappa shape index (κ3) is 1.92. The summed E-state index contributed by atoms with van der Waals surface area (Å²) in [5.41, 5.74) is -0.965. The SMILES string of the molecule is CC([N+](=O)[O-])C1(C(C)[N+](=O)[O-])CCOC1. The summed E-state index contributed by atoms with van der Waals surface area (Å²) < 4.78 is 5.09. The zero-order valence-corrected chi connectivity index (χ0v) is 8.71. The van der Waals surface area contributed by atoms with Crippen molar-refractivity contribution in [3.8, 4) is 0 Å². The van der Waals surface area contributed by atoms with Crippen LogP contribution in [0.2, 0.25) is 0 Å². The first-order valence-electron chi connectivity index (χ1n) is 4.76. The van der Waals surface area contributed by atoms with Crippen LogP contribution in [0.5, 0.6) is 0 Å². The van der Waals surface area contributed by atoms with Crippen LogP contribution in [0.15, 0.2) is 0 Å². The standard InChI is InChI=1S/C8H14N2O5/c1-6(9(11)12)8(3-4-15-5-8)7(2)10(13)14/h6-7H,3-5H2,1-2H3. The second kappa shape index (κ2) is 4.09. The predicted molar refractivity (Wildman–Crippen MR) is 50.8 cm³/mol. The number of nitro groups is 2. The molecule has 0 radical (unpaired) electrons. The van der Waals surface area contributed by atoms with E-state index in [-0.39, 0.29) is 6.61 Å². The van der Waals surface area contributed by atoms with E-state index in [0.29, 0.717) is 13.0 Å². The Kier molecular flexibility index (Phi) is 3.23. The Balaban J connectivity index is 2.97. The van der Waals surface area contributed by atoms with E-state index in [1.807, 2.05) is 0 Å². The molecule has 2 unspecified atom stereocenters. The second-order valence-electron chi connectivity index (χ2n) is 3.96. The summed E-state index contributed by atoms with van der Waals surface area (Å²) in [6.45, 7) is 3.27. The Morgan fingerprint density at radius 1 is 1.20 bits per heavy atom. The van der Waals surface area contributed by atoms with Crippen LogP contribution in [-0.2, 0) is 4.74 Å². The van der Waals surface area contributed by atoms with Gasteiger partial charge in [-0.25, -0.2) is 0 Å². The van der Waals surface area contributed by atoms with Crippen LogP contribution in [0.4, 0.5) is 0 Å². The lowest BCUT2D eigenvalue weighted by atomic mass is 9.75. The Hall–Kier alpha value is -1.24. The van der Waals surface area contributed by atoms with Crippen LogP contribution in [0.25, 0.3) is 0 Å². The molecule has 0 aromatic rings. The summed E-state index contributed by atoms with van der Waals surface area (Å²) in [6.07, 6.45) is 0.372. The van der Waals surface area contributed by atoms with Crippen molar-refractivity contribution in [3.63, 3.8) is 0 Å². The van der Waals surface area contributed by atoms with Crippen LogP contribution >= 0.6 is 0 Å². The average Bonchev–Trinajstić information content (AvgIpc) is 2.64. The zero-order chi connectivity index (χ0) is 11.6. The fraction of sp³-hybridized carbons (Fsp3) is 1.00. The Bertz CT molecular complexity index is 252. The highest BCUT2D eigenvalue weighted by atomic mass is 16.6. The lowest BCUT2D eigenvalue weighted by Gasteiger charge is -2.28. The summed E-state index contributed by atoms with van der Waals surface area (Å²) in [4.78, 5) is 20.6. The molecule has 7 heteroatoms. The summed E-state index contributed by atoms with van der Waals surface area (Å²) in [5.74, 6) is 0. The fourth-order valence-electron chi connectivity index (χ4n) is 2.02. The third-order valence-electron chi connectivity index (χ3n) is 3.38. The maximum atomic E-state index is 10.7. The van der Waals surface area contributed by atoms with Gasteiger partial charge in [0.15, 0.2) is 0 Å². The summed E-state index contributed by atoms with van der Waals surface area (Å²) in [6, 6.07) is -1.92. The lowest BCUT2D eigenvalue weighted by Crippen LogP contribution is -2.50. The van der Waals surface area contributed by atoms with Gasteiger partial charge in [0.05, 0.1) is 6.61 Å². The van der Waals surface area contributed by atoms with Crippen molar-refractivity contribution in [3.05, 3.63) is 20.2 Å². The minimum absolute atomic E-state index is 0.0945. The second-order valence-corrected chi connectivity index (χ2v) is 3.96. The van der Waals surface area contributed by atoms with Crippen molar-refractivity contribution in [2.24, 2.45) is 5.41 Å². The molecule has 86 valence electrons. The molecule has 1 heterocycles. The largest absolute Gasteiger partial charge is 0.380 e. The zero-order valence-electron chi connectivity index (χ0n) is 8.71. The number of hydrogen-bond acceptors (Lipinski definition) is 5. The Morgan fingerprint density at radius 3 is 1.93 bits per heavy atom. The molecule has 1 aliphatic heterocycles. The van der Waals surface area contributed by atoms with Crippen molar-refractivity contribution >= 4 is 0 Å². The Morgan fingerprint density at radius 2 is 1.67 bits per heavy atom. The van der Waals surface area contributed by atoms with E-state index in [2.05, 4.69) is 0 Å². The summed E-state index contributed by atoms with van der Waals surface area (Å²) in [5, 5.41) is 21.5. The molecule has 0 saturated carbocycles. The van der Waals surface area contributed by atoms with Gasteiger partial charge in [0.25, 0.3) is 0 Å². The minimum atomic E-state index is -0.965. The fourth-order valence-corrected chi connectivity index (χ4v) is 2.02. The minimum Gasteiger partial charge on any atom is -0.380 e. The van der Waals surface area contributed by atoms with Gasteiger partial charge in [-0.15, -0.1) is 0 Å². The molecule has 0 aromatic carbocycles. The van der Waals surface area contributed by atoms with E-state index in [9.17, 15) is 20.2 Å². The average molecular weight is 218 g/mol. The molecule has 0 bridgehead atoms. The van der Waals surface area contributed by atoms with Crippen molar-refractivity contribution < 1.29 is 14.6 Å².